The molecule has 1 aliphatic rings. The van der Waals surface area contributed by atoms with Crippen molar-refractivity contribution in [3.63, 3.8) is 0 Å². The quantitative estimate of drug-likeness (QED) is 0.750. The molecule has 1 atom stereocenters. The molecule has 26 heavy (non-hydrogen) atoms. The van der Waals surface area contributed by atoms with Gasteiger partial charge in [-0.1, -0.05) is 18.6 Å². The number of hydrogen-bond donors (Lipinski definition) is 2. The minimum Gasteiger partial charge on any atom is -0.341 e. The van der Waals surface area contributed by atoms with E-state index in [1.54, 1.807) is 6.92 Å². The highest BCUT2D eigenvalue weighted by Gasteiger charge is 2.26. The van der Waals surface area contributed by atoms with E-state index in [9.17, 15) is 9.59 Å². The minimum atomic E-state index is -0.340. The van der Waals surface area contributed by atoms with Crippen LogP contribution < -0.4 is 11.2 Å². The molecule has 1 saturated heterocycles. The van der Waals surface area contributed by atoms with E-state index in [1.165, 1.54) is 10.6 Å². The molecule has 1 aliphatic heterocycles. The summed E-state index contributed by atoms with van der Waals surface area (Å²) in [6, 6.07) is 9.68. The lowest BCUT2D eigenvalue weighted by atomic mass is 10.0. The van der Waals surface area contributed by atoms with Crippen LogP contribution in [0.4, 0.5) is 0 Å². The number of aryl methyl sites for hydroxylation is 1. The predicted octanol–water partition coefficient (Wildman–Crippen LogP) is 1.95. The number of nitrogens with zero attached hydrogens (tertiary/aromatic N) is 3. The highest BCUT2D eigenvalue weighted by molar-refractivity contribution is 5.74. The van der Waals surface area contributed by atoms with Gasteiger partial charge in [-0.25, -0.2) is 9.78 Å². The van der Waals surface area contributed by atoms with Gasteiger partial charge in [-0.15, -0.1) is 0 Å². The molecule has 0 saturated carbocycles. The van der Waals surface area contributed by atoms with Crippen LogP contribution in [0.1, 0.15) is 36.8 Å². The first kappa shape index (κ1) is 16.8. The van der Waals surface area contributed by atoms with Gasteiger partial charge in [0.15, 0.2) is 0 Å². The molecule has 7 nitrogen and oxygen atoms in total. The second-order valence-electron chi connectivity index (χ2n) is 6.93. The Morgan fingerprint density at radius 3 is 2.81 bits per heavy atom. The van der Waals surface area contributed by atoms with Crippen LogP contribution in [0, 0.1) is 6.92 Å². The van der Waals surface area contributed by atoms with E-state index in [2.05, 4.69) is 14.9 Å². The fourth-order valence-electron chi connectivity index (χ4n) is 3.77. The Balaban J connectivity index is 1.56. The third kappa shape index (κ3) is 3.22. The van der Waals surface area contributed by atoms with Crippen LogP contribution in [0.15, 0.2) is 39.9 Å². The number of imidazole rings is 1. The number of H-pyrrole nitrogens is 2. The van der Waals surface area contributed by atoms with Crippen molar-refractivity contribution < 1.29 is 0 Å². The maximum Gasteiger partial charge on any atom is 0.328 e. The van der Waals surface area contributed by atoms with Gasteiger partial charge < -0.3 is 9.97 Å². The molecule has 0 unspecified atom stereocenters. The molecule has 7 heteroatoms. The van der Waals surface area contributed by atoms with E-state index < -0.39 is 0 Å². The van der Waals surface area contributed by atoms with Crippen molar-refractivity contribution in [2.24, 2.45) is 0 Å². The Kier molecular flexibility index (Phi) is 4.46. The first-order valence-corrected chi connectivity index (χ1v) is 9.11. The number of para-hydroxylation sites is 2. The second-order valence-corrected chi connectivity index (χ2v) is 6.93. The van der Waals surface area contributed by atoms with Crippen LogP contribution in [-0.2, 0) is 6.54 Å². The van der Waals surface area contributed by atoms with Crippen LogP contribution in [0.2, 0.25) is 0 Å². The smallest absolute Gasteiger partial charge is 0.328 e. The van der Waals surface area contributed by atoms with E-state index in [0.29, 0.717) is 18.8 Å². The molecular weight excluding hydrogens is 330 g/mol. The average molecular weight is 353 g/mol. The van der Waals surface area contributed by atoms with Gasteiger partial charge >= 0.3 is 5.69 Å². The third-order valence-electron chi connectivity index (χ3n) is 5.10. The van der Waals surface area contributed by atoms with Gasteiger partial charge in [-0.3, -0.25) is 14.3 Å². The number of hydrogen-bond acceptors (Lipinski definition) is 4. The van der Waals surface area contributed by atoms with Gasteiger partial charge in [0.05, 0.1) is 17.1 Å². The first-order chi connectivity index (χ1) is 12.6. The molecule has 0 amide bonds. The summed E-state index contributed by atoms with van der Waals surface area (Å²) in [5, 5.41) is 0. The van der Waals surface area contributed by atoms with E-state index >= 15 is 0 Å². The summed E-state index contributed by atoms with van der Waals surface area (Å²) in [7, 11) is 0. The summed E-state index contributed by atoms with van der Waals surface area (Å²) >= 11 is 0. The number of benzene rings is 1. The zero-order chi connectivity index (χ0) is 18.1. The van der Waals surface area contributed by atoms with E-state index in [4.69, 9.17) is 4.98 Å². The summed E-state index contributed by atoms with van der Waals surface area (Å²) in [4.78, 5) is 37.4. The molecule has 1 aromatic carbocycles. The molecule has 2 N–H and O–H groups in total. The molecule has 1 fully saturated rings. The van der Waals surface area contributed by atoms with Gasteiger partial charge in [0.1, 0.15) is 5.82 Å². The van der Waals surface area contributed by atoms with Gasteiger partial charge in [-0.05, 0) is 38.4 Å². The molecule has 0 bridgehead atoms. The van der Waals surface area contributed by atoms with Crippen molar-refractivity contribution >= 4 is 11.0 Å². The normalized spacial score (nSPS) is 18.4. The lowest BCUT2D eigenvalue weighted by Crippen LogP contribution is -2.41. The summed E-state index contributed by atoms with van der Waals surface area (Å²) in [6.07, 6.45) is 3.30. The maximum atomic E-state index is 12.1. The molecule has 2 aromatic heterocycles. The topological polar surface area (TPSA) is 86.8 Å². The SMILES string of the molecule is Cc1cc(=O)n(CCN2CCCC[C@H]2c2nc3ccccc3[nH]2)c(=O)[nH]1. The second kappa shape index (κ2) is 6.92. The highest BCUT2D eigenvalue weighted by Crippen LogP contribution is 2.30. The van der Waals surface area contributed by atoms with Crippen LogP contribution in [-0.4, -0.2) is 37.5 Å². The van der Waals surface area contributed by atoms with Crippen molar-refractivity contribution in [2.75, 3.05) is 13.1 Å². The van der Waals surface area contributed by atoms with E-state index in [0.717, 1.165) is 42.7 Å². The third-order valence-corrected chi connectivity index (χ3v) is 5.10. The Labute approximate surface area is 150 Å². The summed E-state index contributed by atoms with van der Waals surface area (Å²) in [5.74, 6) is 0.969. The predicted molar refractivity (Wildman–Crippen MR) is 100 cm³/mol. The van der Waals surface area contributed by atoms with Crippen LogP contribution in [0.25, 0.3) is 11.0 Å². The zero-order valence-electron chi connectivity index (χ0n) is 14.9. The molecule has 136 valence electrons. The number of piperidine rings is 1. The van der Waals surface area contributed by atoms with Crippen LogP contribution >= 0.6 is 0 Å². The summed E-state index contributed by atoms with van der Waals surface area (Å²) in [6.45, 7) is 3.69. The van der Waals surface area contributed by atoms with Crippen molar-refractivity contribution in [1.82, 2.24) is 24.4 Å². The fourth-order valence-corrected chi connectivity index (χ4v) is 3.77. The Bertz CT molecular complexity index is 968. The molecule has 0 spiro atoms. The summed E-state index contributed by atoms with van der Waals surface area (Å²) in [5.41, 5.74) is 2.02. The van der Waals surface area contributed by atoms with Crippen molar-refractivity contribution in [2.45, 2.75) is 38.8 Å². The lowest BCUT2D eigenvalue weighted by Gasteiger charge is -2.34. The van der Waals surface area contributed by atoms with E-state index in [-0.39, 0.29) is 17.3 Å². The number of rotatable bonds is 4. The number of fused-ring (bicyclic) bond motifs is 1. The maximum absolute atomic E-state index is 12.1. The number of aromatic nitrogens is 4. The van der Waals surface area contributed by atoms with Gasteiger partial charge in [0, 0.05) is 24.8 Å². The van der Waals surface area contributed by atoms with Crippen LogP contribution in [0.5, 0.6) is 0 Å². The Hall–Kier alpha value is -2.67. The van der Waals surface area contributed by atoms with Crippen LogP contribution in [0.3, 0.4) is 0 Å². The lowest BCUT2D eigenvalue weighted by molar-refractivity contribution is 0.136. The summed E-state index contributed by atoms with van der Waals surface area (Å²) < 4.78 is 1.28. The van der Waals surface area contributed by atoms with Gasteiger partial charge in [0.2, 0.25) is 0 Å². The first-order valence-electron chi connectivity index (χ1n) is 9.11. The van der Waals surface area contributed by atoms with Gasteiger partial charge in [-0.2, -0.15) is 0 Å². The Morgan fingerprint density at radius 1 is 1.15 bits per heavy atom. The largest absolute Gasteiger partial charge is 0.341 e. The number of nitrogens with one attached hydrogen (secondary N) is 2. The Morgan fingerprint density at radius 2 is 2.00 bits per heavy atom. The molecule has 0 radical (unpaired) electrons. The molecular formula is C19H23N5O2. The standard InChI is InChI=1S/C19H23N5O2/c1-13-12-17(25)24(19(26)20-13)11-10-23-9-5-4-8-16(23)18-21-14-6-2-3-7-15(14)22-18/h2-3,6-7,12,16H,4-5,8-11H2,1H3,(H,20,26)(H,21,22)/t16-/m0/s1. The molecule has 3 aromatic rings. The molecule has 3 heterocycles. The monoisotopic (exact) mass is 353 g/mol. The highest BCUT2D eigenvalue weighted by atomic mass is 16.2. The molecule has 4 rings (SSSR count). The van der Waals surface area contributed by atoms with E-state index in [1.807, 2.05) is 24.3 Å². The van der Waals surface area contributed by atoms with Gasteiger partial charge in [0.25, 0.3) is 5.56 Å². The molecule has 0 aliphatic carbocycles. The average Bonchev–Trinajstić information content (AvgIpc) is 3.05. The zero-order valence-corrected chi connectivity index (χ0v) is 14.9. The number of likely N-dealkylation sites (tertiary alicyclic amines) is 1. The van der Waals surface area contributed by atoms with Crippen molar-refractivity contribution in [3.05, 3.63) is 62.7 Å². The van der Waals surface area contributed by atoms with Crippen molar-refractivity contribution in [3.8, 4) is 0 Å². The minimum absolute atomic E-state index is 0.191. The number of aromatic amines is 2. The fraction of sp³-hybridized carbons (Fsp3) is 0.421. The van der Waals surface area contributed by atoms with Crippen molar-refractivity contribution in [1.29, 1.82) is 0 Å².